The highest BCUT2D eigenvalue weighted by molar-refractivity contribution is 7.10. The highest BCUT2D eigenvalue weighted by Crippen LogP contribution is 2.32. The zero-order valence-corrected chi connectivity index (χ0v) is 13.7. The van der Waals surface area contributed by atoms with E-state index in [2.05, 4.69) is 12.2 Å². The van der Waals surface area contributed by atoms with Crippen molar-refractivity contribution in [3.63, 3.8) is 0 Å². The van der Waals surface area contributed by atoms with Crippen molar-refractivity contribution in [2.24, 2.45) is 11.3 Å². The van der Waals surface area contributed by atoms with Gasteiger partial charge in [-0.2, -0.15) is 0 Å². The largest absolute Gasteiger partial charge is 0.481 e. The van der Waals surface area contributed by atoms with Gasteiger partial charge in [-0.25, -0.2) is 0 Å². The monoisotopic (exact) mass is 309 g/mol. The SMILES string of the molecule is CC1CCc2c(C(=O)NCCC(C)(C)C(=O)O)csc2C1. The molecule has 0 spiro atoms. The number of rotatable bonds is 5. The molecule has 4 nitrogen and oxygen atoms in total. The third-order valence-corrected chi connectivity index (χ3v) is 5.31. The first-order valence-electron chi connectivity index (χ1n) is 7.42. The molecule has 1 heterocycles. The molecule has 1 atom stereocenters. The van der Waals surface area contributed by atoms with Crippen LogP contribution in [0.4, 0.5) is 0 Å². The summed E-state index contributed by atoms with van der Waals surface area (Å²) in [4.78, 5) is 24.6. The van der Waals surface area contributed by atoms with Gasteiger partial charge in [0, 0.05) is 16.8 Å². The Bertz CT molecular complexity index is 548. The summed E-state index contributed by atoms with van der Waals surface area (Å²) in [6.07, 6.45) is 3.61. The number of carboxylic acids is 1. The van der Waals surface area contributed by atoms with Crippen LogP contribution in [-0.4, -0.2) is 23.5 Å². The molecule has 0 fully saturated rings. The number of carbonyl (C=O) groups is 2. The van der Waals surface area contributed by atoms with Crippen LogP contribution in [0.15, 0.2) is 5.38 Å². The molecule has 0 aliphatic heterocycles. The average Bonchev–Trinajstić information content (AvgIpc) is 2.81. The topological polar surface area (TPSA) is 66.4 Å². The van der Waals surface area contributed by atoms with Crippen molar-refractivity contribution in [3.05, 3.63) is 21.4 Å². The molecule has 0 aromatic carbocycles. The van der Waals surface area contributed by atoms with E-state index >= 15 is 0 Å². The lowest BCUT2D eigenvalue weighted by atomic mass is 9.88. The molecule has 0 saturated carbocycles. The van der Waals surface area contributed by atoms with Gasteiger partial charge in [-0.15, -0.1) is 11.3 Å². The maximum absolute atomic E-state index is 12.3. The van der Waals surface area contributed by atoms with E-state index in [-0.39, 0.29) is 5.91 Å². The number of nitrogens with one attached hydrogen (secondary N) is 1. The Labute approximate surface area is 129 Å². The number of thiophene rings is 1. The smallest absolute Gasteiger partial charge is 0.309 e. The molecule has 0 bridgehead atoms. The third kappa shape index (κ3) is 3.64. The standard InChI is InChI=1S/C16H23NO3S/c1-10-4-5-11-12(9-21-13(11)8-10)14(18)17-7-6-16(2,3)15(19)20/h9-10H,4-8H2,1-3H3,(H,17,18)(H,19,20). The molecule has 1 aromatic heterocycles. The Morgan fingerprint density at radius 3 is 2.86 bits per heavy atom. The second-order valence-corrected chi connectivity index (χ2v) is 7.56. The van der Waals surface area contributed by atoms with Crippen molar-refractivity contribution >= 4 is 23.2 Å². The first kappa shape index (κ1) is 16.0. The Morgan fingerprint density at radius 2 is 2.19 bits per heavy atom. The predicted molar refractivity (Wildman–Crippen MR) is 83.9 cm³/mol. The Hall–Kier alpha value is -1.36. The Morgan fingerprint density at radius 1 is 1.48 bits per heavy atom. The van der Waals surface area contributed by atoms with Crippen molar-refractivity contribution < 1.29 is 14.7 Å². The van der Waals surface area contributed by atoms with E-state index in [1.54, 1.807) is 25.2 Å². The molecular formula is C16H23NO3S. The number of amides is 1. The van der Waals surface area contributed by atoms with Crippen molar-refractivity contribution in [3.8, 4) is 0 Å². The van der Waals surface area contributed by atoms with E-state index in [1.807, 2.05) is 5.38 Å². The first-order chi connectivity index (χ1) is 9.81. The fourth-order valence-electron chi connectivity index (χ4n) is 2.56. The second kappa shape index (κ2) is 6.18. The van der Waals surface area contributed by atoms with Crippen LogP contribution in [0.1, 0.15) is 54.4 Å². The van der Waals surface area contributed by atoms with E-state index in [4.69, 9.17) is 5.11 Å². The van der Waals surface area contributed by atoms with Gasteiger partial charge in [-0.05, 0) is 51.0 Å². The van der Waals surface area contributed by atoms with Crippen LogP contribution in [0, 0.1) is 11.3 Å². The minimum absolute atomic E-state index is 0.0664. The van der Waals surface area contributed by atoms with Crippen LogP contribution >= 0.6 is 11.3 Å². The number of carboxylic acid groups (broad SMARTS) is 1. The fraction of sp³-hybridized carbons (Fsp3) is 0.625. The lowest BCUT2D eigenvalue weighted by molar-refractivity contribution is -0.147. The van der Waals surface area contributed by atoms with Crippen LogP contribution in [0.2, 0.25) is 0 Å². The maximum Gasteiger partial charge on any atom is 0.309 e. The first-order valence-corrected chi connectivity index (χ1v) is 8.30. The summed E-state index contributed by atoms with van der Waals surface area (Å²) in [6.45, 7) is 5.99. The van der Waals surface area contributed by atoms with Crippen LogP contribution in [0.25, 0.3) is 0 Å². The molecule has 2 N–H and O–H groups in total. The van der Waals surface area contributed by atoms with Crippen LogP contribution < -0.4 is 5.32 Å². The third-order valence-electron chi connectivity index (χ3n) is 4.26. The number of hydrogen-bond acceptors (Lipinski definition) is 3. The molecule has 21 heavy (non-hydrogen) atoms. The summed E-state index contributed by atoms with van der Waals surface area (Å²) in [5.74, 6) is -0.203. The molecule has 1 amide bonds. The number of carbonyl (C=O) groups excluding carboxylic acids is 1. The molecule has 1 aromatic rings. The molecule has 5 heteroatoms. The van der Waals surface area contributed by atoms with Crippen LogP contribution in [-0.2, 0) is 17.6 Å². The summed E-state index contributed by atoms with van der Waals surface area (Å²) >= 11 is 1.67. The van der Waals surface area contributed by atoms with Gasteiger partial charge in [0.1, 0.15) is 0 Å². The van der Waals surface area contributed by atoms with Crippen LogP contribution in [0.5, 0.6) is 0 Å². The van der Waals surface area contributed by atoms with E-state index in [1.165, 1.54) is 10.4 Å². The van der Waals surface area contributed by atoms with E-state index in [0.717, 1.165) is 24.8 Å². The van der Waals surface area contributed by atoms with Gasteiger partial charge in [-0.3, -0.25) is 9.59 Å². The van der Waals surface area contributed by atoms with Crippen LogP contribution in [0.3, 0.4) is 0 Å². The molecule has 1 aliphatic carbocycles. The predicted octanol–water partition coefficient (Wildman–Crippen LogP) is 3.10. The molecule has 2 rings (SSSR count). The summed E-state index contributed by atoms with van der Waals surface area (Å²) in [7, 11) is 0. The zero-order valence-electron chi connectivity index (χ0n) is 12.9. The molecule has 116 valence electrons. The lowest BCUT2D eigenvalue weighted by Gasteiger charge is -2.20. The second-order valence-electron chi connectivity index (χ2n) is 6.59. The molecule has 0 saturated heterocycles. The maximum atomic E-state index is 12.3. The minimum Gasteiger partial charge on any atom is -0.481 e. The van der Waals surface area contributed by atoms with Gasteiger partial charge >= 0.3 is 5.97 Å². The zero-order chi connectivity index (χ0) is 15.6. The summed E-state index contributed by atoms with van der Waals surface area (Å²) in [5.41, 5.74) is 1.18. The molecule has 0 radical (unpaired) electrons. The van der Waals surface area contributed by atoms with Crippen molar-refractivity contribution in [2.75, 3.05) is 6.54 Å². The molecular weight excluding hydrogens is 286 g/mol. The van der Waals surface area contributed by atoms with E-state index < -0.39 is 11.4 Å². The summed E-state index contributed by atoms with van der Waals surface area (Å²) < 4.78 is 0. The van der Waals surface area contributed by atoms with Gasteiger partial charge < -0.3 is 10.4 Å². The van der Waals surface area contributed by atoms with Crippen molar-refractivity contribution in [2.45, 2.75) is 46.5 Å². The van der Waals surface area contributed by atoms with Crippen molar-refractivity contribution in [1.29, 1.82) is 0 Å². The lowest BCUT2D eigenvalue weighted by Crippen LogP contribution is -2.32. The Kier molecular flexibility index (Phi) is 4.71. The quantitative estimate of drug-likeness (QED) is 0.878. The van der Waals surface area contributed by atoms with Gasteiger partial charge in [0.2, 0.25) is 0 Å². The number of hydrogen-bond donors (Lipinski definition) is 2. The van der Waals surface area contributed by atoms with Gasteiger partial charge in [0.25, 0.3) is 5.91 Å². The van der Waals surface area contributed by atoms with E-state index in [0.29, 0.717) is 18.9 Å². The highest BCUT2D eigenvalue weighted by atomic mass is 32.1. The molecule has 1 unspecified atom stereocenters. The fourth-order valence-corrected chi connectivity index (χ4v) is 3.80. The van der Waals surface area contributed by atoms with Gasteiger partial charge in [0.05, 0.1) is 11.0 Å². The summed E-state index contributed by atoms with van der Waals surface area (Å²) in [5, 5.41) is 13.9. The van der Waals surface area contributed by atoms with Crippen molar-refractivity contribution in [1.82, 2.24) is 5.32 Å². The average molecular weight is 309 g/mol. The normalized spacial score (nSPS) is 18.1. The Balaban J connectivity index is 1.95. The highest BCUT2D eigenvalue weighted by Gasteiger charge is 2.27. The van der Waals surface area contributed by atoms with Gasteiger partial charge in [0.15, 0.2) is 0 Å². The van der Waals surface area contributed by atoms with E-state index in [9.17, 15) is 9.59 Å². The minimum atomic E-state index is -0.835. The molecule has 1 aliphatic rings. The van der Waals surface area contributed by atoms with Gasteiger partial charge in [-0.1, -0.05) is 6.92 Å². The summed E-state index contributed by atoms with van der Waals surface area (Å²) in [6, 6.07) is 0. The number of fused-ring (bicyclic) bond motifs is 1. The number of aliphatic carboxylic acids is 1.